The van der Waals surface area contributed by atoms with Gasteiger partial charge in [0.15, 0.2) is 0 Å². The minimum absolute atomic E-state index is 0.191. The lowest BCUT2D eigenvalue weighted by Gasteiger charge is -2.08. The van der Waals surface area contributed by atoms with E-state index in [9.17, 15) is 9.18 Å². The van der Waals surface area contributed by atoms with E-state index >= 15 is 0 Å². The van der Waals surface area contributed by atoms with Crippen molar-refractivity contribution in [3.8, 4) is 5.75 Å². The van der Waals surface area contributed by atoms with Crippen LogP contribution in [-0.2, 0) is 13.1 Å². The van der Waals surface area contributed by atoms with Gasteiger partial charge < -0.3 is 15.4 Å². The topological polar surface area (TPSA) is 63.2 Å². The van der Waals surface area contributed by atoms with E-state index in [0.29, 0.717) is 24.5 Å². The van der Waals surface area contributed by atoms with Crippen LogP contribution in [0.25, 0.3) is 0 Å². The molecule has 1 aromatic heterocycles. The van der Waals surface area contributed by atoms with Gasteiger partial charge in [-0.3, -0.25) is 4.79 Å². The van der Waals surface area contributed by atoms with Crippen molar-refractivity contribution in [1.82, 2.24) is 10.3 Å². The van der Waals surface area contributed by atoms with E-state index in [2.05, 4.69) is 15.6 Å². The molecule has 3 aromatic rings. The molecule has 0 bridgehead atoms. The molecule has 0 saturated heterocycles. The average Bonchev–Trinajstić information content (AvgIpc) is 2.72. The van der Waals surface area contributed by atoms with Gasteiger partial charge in [0.05, 0.1) is 12.7 Å². The summed E-state index contributed by atoms with van der Waals surface area (Å²) in [5.41, 5.74) is 2.41. The molecule has 0 unspecified atom stereocenters. The average molecular weight is 365 g/mol. The lowest BCUT2D eigenvalue weighted by Crippen LogP contribution is -2.22. The van der Waals surface area contributed by atoms with Gasteiger partial charge in [0.1, 0.15) is 17.4 Å². The Morgan fingerprint density at radius 1 is 0.963 bits per heavy atom. The number of pyridine rings is 1. The second kappa shape index (κ2) is 8.80. The second-order valence-electron chi connectivity index (χ2n) is 5.94. The van der Waals surface area contributed by atoms with Crippen LogP contribution in [0.4, 0.5) is 10.2 Å². The molecule has 2 aromatic carbocycles. The molecule has 0 atom stereocenters. The van der Waals surface area contributed by atoms with Crippen molar-refractivity contribution >= 4 is 11.7 Å². The number of benzene rings is 2. The number of rotatable bonds is 7. The minimum atomic E-state index is -0.262. The van der Waals surface area contributed by atoms with E-state index in [0.717, 1.165) is 16.9 Å². The third-order valence-electron chi connectivity index (χ3n) is 4.02. The smallest absolute Gasteiger partial charge is 0.253 e. The summed E-state index contributed by atoms with van der Waals surface area (Å²) in [5, 5.41) is 6.00. The fourth-order valence-electron chi connectivity index (χ4n) is 2.46. The number of methoxy groups -OCH3 is 1. The monoisotopic (exact) mass is 365 g/mol. The molecule has 0 saturated carbocycles. The van der Waals surface area contributed by atoms with Gasteiger partial charge in [-0.05, 0) is 47.5 Å². The Labute approximate surface area is 157 Å². The van der Waals surface area contributed by atoms with Gasteiger partial charge in [-0.25, -0.2) is 9.37 Å². The molecule has 5 nitrogen and oxygen atoms in total. The van der Waals surface area contributed by atoms with Gasteiger partial charge in [-0.15, -0.1) is 0 Å². The Bertz CT molecular complexity index is 879. The maximum absolute atomic E-state index is 12.9. The number of anilines is 1. The largest absolute Gasteiger partial charge is 0.497 e. The Balaban J connectivity index is 1.51. The van der Waals surface area contributed by atoms with Gasteiger partial charge in [0.2, 0.25) is 0 Å². The summed E-state index contributed by atoms with van der Waals surface area (Å²) in [5.74, 6) is 0.967. The summed E-state index contributed by atoms with van der Waals surface area (Å²) >= 11 is 0. The van der Waals surface area contributed by atoms with Gasteiger partial charge in [0, 0.05) is 19.3 Å². The predicted molar refractivity (Wildman–Crippen MR) is 102 cm³/mol. The fourth-order valence-corrected chi connectivity index (χ4v) is 2.46. The van der Waals surface area contributed by atoms with E-state index < -0.39 is 0 Å². The molecule has 1 amide bonds. The SMILES string of the molecule is COc1ccc(CNC(=O)c2ccc(NCc3ccc(F)cc3)nc2)cc1. The molecule has 0 spiro atoms. The van der Waals surface area contributed by atoms with Crippen molar-refractivity contribution in [1.29, 1.82) is 0 Å². The van der Waals surface area contributed by atoms with Gasteiger partial charge >= 0.3 is 0 Å². The highest BCUT2D eigenvalue weighted by Gasteiger charge is 2.06. The van der Waals surface area contributed by atoms with Crippen molar-refractivity contribution in [2.24, 2.45) is 0 Å². The van der Waals surface area contributed by atoms with Crippen LogP contribution in [0.1, 0.15) is 21.5 Å². The van der Waals surface area contributed by atoms with Gasteiger partial charge in [-0.1, -0.05) is 24.3 Å². The van der Waals surface area contributed by atoms with E-state index in [4.69, 9.17) is 4.74 Å². The van der Waals surface area contributed by atoms with Crippen LogP contribution in [0.2, 0.25) is 0 Å². The first-order valence-electron chi connectivity index (χ1n) is 8.49. The number of halogens is 1. The highest BCUT2D eigenvalue weighted by Crippen LogP contribution is 2.12. The van der Waals surface area contributed by atoms with Crippen LogP contribution in [0.3, 0.4) is 0 Å². The van der Waals surface area contributed by atoms with Gasteiger partial charge in [0.25, 0.3) is 5.91 Å². The van der Waals surface area contributed by atoms with E-state index in [1.54, 1.807) is 31.4 Å². The van der Waals surface area contributed by atoms with Crippen molar-refractivity contribution in [3.05, 3.63) is 89.4 Å². The molecular weight excluding hydrogens is 345 g/mol. The zero-order valence-electron chi connectivity index (χ0n) is 14.9. The zero-order valence-corrected chi connectivity index (χ0v) is 14.9. The normalized spacial score (nSPS) is 10.3. The molecule has 138 valence electrons. The zero-order chi connectivity index (χ0) is 19.1. The Hall–Kier alpha value is -3.41. The van der Waals surface area contributed by atoms with Crippen molar-refractivity contribution in [2.45, 2.75) is 13.1 Å². The first-order chi connectivity index (χ1) is 13.1. The number of nitrogens with zero attached hydrogens (tertiary/aromatic N) is 1. The van der Waals surface area contributed by atoms with Crippen molar-refractivity contribution in [2.75, 3.05) is 12.4 Å². The van der Waals surface area contributed by atoms with Gasteiger partial charge in [-0.2, -0.15) is 0 Å². The van der Waals surface area contributed by atoms with E-state index in [1.807, 2.05) is 24.3 Å². The quantitative estimate of drug-likeness (QED) is 0.669. The number of carbonyl (C=O) groups is 1. The molecular formula is C21H20FN3O2. The van der Waals surface area contributed by atoms with Crippen LogP contribution in [-0.4, -0.2) is 18.0 Å². The molecule has 3 rings (SSSR count). The lowest BCUT2D eigenvalue weighted by atomic mass is 10.2. The maximum atomic E-state index is 12.9. The number of aromatic nitrogens is 1. The van der Waals surface area contributed by atoms with Crippen LogP contribution < -0.4 is 15.4 Å². The van der Waals surface area contributed by atoms with Crippen LogP contribution in [0.5, 0.6) is 5.75 Å². The second-order valence-corrected chi connectivity index (χ2v) is 5.94. The first-order valence-corrected chi connectivity index (χ1v) is 8.49. The third-order valence-corrected chi connectivity index (χ3v) is 4.02. The number of hydrogen-bond donors (Lipinski definition) is 2. The van der Waals surface area contributed by atoms with Crippen LogP contribution >= 0.6 is 0 Å². The standard InChI is InChI=1S/C21H20FN3O2/c1-27-19-9-4-16(5-10-19)13-25-21(26)17-6-11-20(24-14-17)23-12-15-2-7-18(22)8-3-15/h2-11,14H,12-13H2,1H3,(H,23,24)(H,25,26). The maximum Gasteiger partial charge on any atom is 0.253 e. The lowest BCUT2D eigenvalue weighted by molar-refractivity contribution is 0.0950. The van der Waals surface area contributed by atoms with Crippen LogP contribution in [0, 0.1) is 5.82 Å². The highest BCUT2D eigenvalue weighted by molar-refractivity contribution is 5.94. The number of nitrogens with one attached hydrogen (secondary N) is 2. The summed E-state index contributed by atoms with van der Waals surface area (Å²) < 4.78 is 18.0. The Kier molecular flexibility index (Phi) is 5.99. The summed E-state index contributed by atoms with van der Waals surface area (Å²) in [7, 11) is 1.61. The third kappa shape index (κ3) is 5.28. The Morgan fingerprint density at radius 2 is 1.63 bits per heavy atom. The number of carbonyl (C=O) groups excluding carboxylic acids is 1. The molecule has 6 heteroatoms. The molecule has 1 heterocycles. The summed E-state index contributed by atoms with van der Waals surface area (Å²) in [6.45, 7) is 0.948. The molecule has 27 heavy (non-hydrogen) atoms. The number of ether oxygens (including phenoxy) is 1. The molecule has 0 aliphatic heterocycles. The summed E-state index contributed by atoms with van der Waals surface area (Å²) in [4.78, 5) is 16.5. The van der Waals surface area contributed by atoms with Crippen molar-refractivity contribution < 1.29 is 13.9 Å². The highest BCUT2D eigenvalue weighted by atomic mass is 19.1. The minimum Gasteiger partial charge on any atom is -0.497 e. The molecule has 0 radical (unpaired) electrons. The first kappa shape index (κ1) is 18.4. The number of hydrogen-bond acceptors (Lipinski definition) is 4. The van der Waals surface area contributed by atoms with Crippen LogP contribution in [0.15, 0.2) is 66.9 Å². The molecule has 0 aliphatic rings. The molecule has 2 N–H and O–H groups in total. The van der Waals surface area contributed by atoms with Crippen molar-refractivity contribution in [3.63, 3.8) is 0 Å². The van der Waals surface area contributed by atoms with E-state index in [1.165, 1.54) is 18.3 Å². The Morgan fingerprint density at radius 3 is 2.26 bits per heavy atom. The molecule has 0 fully saturated rings. The fraction of sp³-hybridized carbons (Fsp3) is 0.143. The van der Waals surface area contributed by atoms with E-state index in [-0.39, 0.29) is 11.7 Å². The summed E-state index contributed by atoms with van der Waals surface area (Å²) in [6, 6.07) is 17.2. The predicted octanol–water partition coefficient (Wildman–Crippen LogP) is 3.77. The summed E-state index contributed by atoms with van der Waals surface area (Å²) in [6.07, 6.45) is 1.52. The number of amides is 1. The molecule has 0 aliphatic carbocycles.